The van der Waals surface area contributed by atoms with Crippen LogP contribution in [0, 0.1) is 5.92 Å². The molecule has 2 rings (SSSR count). The molecule has 0 spiro atoms. The first-order valence-electron chi connectivity index (χ1n) is 7.68. The lowest BCUT2D eigenvalue weighted by atomic mass is 9.91. The van der Waals surface area contributed by atoms with E-state index in [1.54, 1.807) is 18.2 Å². The molecule has 1 amide bonds. The fourth-order valence-electron chi connectivity index (χ4n) is 2.77. The smallest absolute Gasteiger partial charge is 0.225 e. The van der Waals surface area contributed by atoms with Gasteiger partial charge >= 0.3 is 0 Å². The summed E-state index contributed by atoms with van der Waals surface area (Å²) in [4.78, 5) is 14.3. The molecule has 3 N–H and O–H groups in total. The first-order chi connectivity index (χ1) is 10.5. The number of benzene rings is 1. The maximum atomic E-state index is 12.0. The Morgan fingerprint density at radius 2 is 2.04 bits per heavy atom. The maximum absolute atomic E-state index is 12.0. The Labute approximate surface area is 154 Å². The number of carbonyl (C=O) groups is 1. The summed E-state index contributed by atoms with van der Waals surface area (Å²) >= 11 is 11.9. The molecule has 1 fully saturated rings. The van der Waals surface area contributed by atoms with Crippen LogP contribution in [0.15, 0.2) is 18.2 Å². The summed E-state index contributed by atoms with van der Waals surface area (Å²) in [5.41, 5.74) is 6.51. The number of rotatable bonds is 5. The van der Waals surface area contributed by atoms with Crippen LogP contribution in [-0.2, 0) is 4.79 Å². The van der Waals surface area contributed by atoms with E-state index in [9.17, 15) is 4.79 Å². The number of piperidine rings is 1. The highest BCUT2D eigenvalue weighted by molar-refractivity contribution is 6.35. The van der Waals surface area contributed by atoms with Crippen molar-refractivity contribution in [1.82, 2.24) is 4.90 Å². The fourth-order valence-corrected chi connectivity index (χ4v) is 3.10. The Bertz CT molecular complexity index is 517. The zero-order valence-electron chi connectivity index (χ0n) is 13.2. The lowest BCUT2D eigenvalue weighted by molar-refractivity contribution is -0.116. The Morgan fingerprint density at radius 3 is 2.65 bits per heavy atom. The van der Waals surface area contributed by atoms with E-state index in [-0.39, 0.29) is 24.4 Å². The normalized spacial score (nSPS) is 17.4. The SMILES string of the molecule is CC(N)C1CCN(CCC(=O)Nc2cc(Cl)ccc2Cl)CC1.Cl. The molecule has 0 aromatic heterocycles. The van der Waals surface area contributed by atoms with Crippen molar-refractivity contribution in [3.8, 4) is 0 Å². The predicted molar refractivity (Wildman–Crippen MR) is 99.8 cm³/mol. The van der Waals surface area contributed by atoms with Gasteiger partial charge in [-0.3, -0.25) is 4.79 Å². The summed E-state index contributed by atoms with van der Waals surface area (Å²) in [7, 11) is 0. The van der Waals surface area contributed by atoms with Crippen molar-refractivity contribution in [1.29, 1.82) is 0 Å². The number of anilines is 1. The van der Waals surface area contributed by atoms with Crippen LogP contribution in [0.1, 0.15) is 26.2 Å². The van der Waals surface area contributed by atoms with Crippen LogP contribution in [0.4, 0.5) is 5.69 Å². The number of nitrogens with zero attached hydrogens (tertiary/aromatic N) is 1. The second-order valence-corrected chi connectivity index (χ2v) is 6.80. The van der Waals surface area contributed by atoms with Crippen LogP contribution < -0.4 is 11.1 Å². The lowest BCUT2D eigenvalue weighted by Gasteiger charge is -2.33. The summed E-state index contributed by atoms with van der Waals surface area (Å²) in [6.45, 7) is 4.85. The fraction of sp³-hybridized carbons (Fsp3) is 0.562. The predicted octanol–water partition coefficient (Wildman–Crippen LogP) is 3.80. The van der Waals surface area contributed by atoms with Crippen LogP contribution in [-0.4, -0.2) is 36.5 Å². The molecule has 0 radical (unpaired) electrons. The van der Waals surface area contributed by atoms with Gasteiger partial charge in [-0.05, 0) is 57.0 Å². The summed E-state index contributed by atoms with van der Waals surface area (Å²) in [5, 5.41) is 3.86. The number of amides is 1. The van der Waals surface area contributed by atoms with Crippen molar-refractivity contribution in [2.24, 2.45) is 11.7 Å². The number of hydrogen-bond acceptors (Lipinski definition) is 3. The first-order valence-corrected chi connectivity index (χ1v) is 8.44. The van der Waals surface area contributed by atoms with Gasteiger partial charge in [0.2, 0.25) is 5.91 Å². The summed E-state index contributed by atoms with van der Waals surface area (Å²) in [6.07, 6.45) is 2.67. The third kappa shape index (κ3) is 6.48. The Kier molecular flexibility index (Phi) is 8.65. The molecule has 1 atom stereocenters. The van der Waals surface area contributed by atoms with Crippen molar-refractivity contribution < 1.29 is 4.79 Å². The van der Waals surface area contributed by atoms with E-state index in [1.165, 1.54) is 0 Å². The number of halogens is 3. The minimum absolute atomic E-state index is 0. The largest absolute Gasteiger partial charge is 0.328 e. The van der Waals surface area contributed by atoms with E-state index in [0.717, 1.165) is 32.5 Å². The molecule has 0 saturated carbocycles. The third-order valence-corrected chi connectivity index (χ3v) is 4.80. The van der Waals surface area contributed by atoms with Crippen LogP contribution in [0.25, 0.3) is 0 Å². The topological polar surface area (TPSA) is 58.4 Å². The molecule has 1 unspecified atom stereocenters. The van der Waals surface area contributed by atoms with Crippen molar-refractivity contribution >= 4 is 47.2 Å². The second-order valence-electron chi connectivity index (χ2n) is 5.96. The van der Waals surface area contributed by atoms with Gasteiger partial charge in [0.1, 0.15) is 0 Å². The summed E-state index contributed by atoms with van der Waals surface area (Å²) in [5.74, 6) is 0.564. The van der Waals surface area contributed by atoms with E-state index >= 15 is 0 Å². The molecule has 23 heavy (non-hydrogen) atoms. The van der Waals surface area contributed by atoms with Crippen molar-refractivity contribution in [3.05, 3.63) is 28.2 Å². The highest BCUT2D eigenvalue weighted by Gasteiger charge is 2.22. The standard InChI is InChI=1S/C16H23Cl2N3O.ClH/c1-11(19)12-4-7-21(8-5-12)9-6-16(22)20-15-10-13(17)2-3-14(15)18;/h2-3,10-12H,4-9,19H2,1H3,(H,20,22);1H. The molecular weight excluding hydrogens is 357 g/mol. The monoisotopic (exact) mass is 379 g/mol. The van der Waals surface area contributed by atoms with E-state index in [1.807, 2.05) is 0 Å². The van der Waals surface area contributed by atoms with E-state index in [0.29, 0.717) is 28.1 Å². The molecule has 0 bridgehead atoms. The number of hydrogen-bond donors (Lipinski definition) is 2. The quantitative estimate of drug-likeness (QED) is 0.816. The Morgan fingerprint density at radius 1 is 1.39 bits per heavy atom. The van der Waals surface area contributed by atoms with Crippen molar-refractivity contribution in [3.63, 3.8) is 0 Å². The molecule has 1 saturated heterocycles. The number of carbonyl (C=O) groups excluding carboxylic acids is 1. The van der Waals surface area contributed by atoms with Gasteiger partial charge in [-0.1, -0.05) is 23.2 Å². The summed E-state index contributed by atoms with van der Waals surface area (Å²) in [6, 6.07) is 5.30. The molecule has 1 aromatic rings. The van der Waals surface area contributed by atoms with Gasteiger partial charge in [0.05, 0.1) is 10.7 Å². The van der Waals surface area contributed by atoms with Crippen LogP contribution >= 0.6 is 35.6 Å². The Balaban J connectivity index is 0.00000264. The van der Waals surface area contributed by atoms with E-state index < -0.39 is 0 Å². The number of nitrogens with two attached hydrogens (primary N) is 1. The highest BCUT2D eigenvalue weighted by Crippen LogP contribution is 2.25. The lowest BCUT2D eigenvalue weighted by Crippen LogP contribution is -2.40. The molecule has 130 valence electrons. The van der Waals surface area contributed by atoms with E-state index in [4.69, 9.17) is 28.9 Å². The average molecular weight is 381 g/mol. The first kappa shape index (κ1) is 20.5. The minimum atomic E-state index is -0.0431. The van der Waals surface area contributed by atoms with Crippen molar-refractivity contribution in [2.45, 2.75) is 32.2 Å². The number of nitrogens with one attached hydrogen (secondary N) is 1. The van der Waals surface area contributed by atoms with Gasteiger partial charge in [0.25, 0.3) is 0 Å². The van der Waals surface area contributed by atoms with Crippen molar-refractivity contribution in [2.75, 3.05) is 25.0 Å². The minimum Gasteiger partial charge on any atom is -0.328 e. The molecule has 4 nitrogen and oxygen atoms in total. The average Bonchev–Trinajstić information content (AvgIpc) is 2.49. The van der Waals surface area contributed by atoms with Gasteiger partial charge in [0, 0.05) is 24.0 Å². The van der Waals surface area contributed by atoms with Gasteiger partial charge in [-0.25, -0.2) is 0 Å². The molecule has 7 heteroatoms. The Hall–Kier alpha value is -0.520. The summed E-state index contributed by atoms with van der Waals surface area (Å²) < 4.78 is 0. The van der Waals surface area contributed by atoms with E-state index in [2.05, 4.69) is 17.1 Å². The molecule has 0 aliphatic carbocycles. The second kappa shape index (κ2) is 9.70. The third-order valence-electron chi connectivity index (χ3n) is 4.23. The van der Waals surface area contributed by atoms with Crippen LogP contribution in [0.3, 0.4) is 0 Å². The molecule has 1 aliphatic heterocycles. The molecule has 1 aromatic carbocycles. The highest BCUT2D eigenvalue weighted by atomic mass is 35.5. The van der Waals surface area contributed by atoms with Gasteiger partial charge in [-0.2, -0.15) is 0 Å². The molecular formula is C16H24Cl3N3O. The van der Waals surface area contributed by atoms with Gasteiger partial charge in [0.15, 0.2) is 0 Å². The zero-order valence-corrected chi connectivity index (χ0v) is 15.6. The number of likely N-dealkylation sites (tertiary alicyclic amines) is 1. The zero-order chi connectivity index (χ0) is 16.1. The van der Waals surface area contributed by atoms with Crippen LogP contribution in [0.5, 0.6) is 0 Å². The molecule has 1 heterocycles. The van der Waals surface area contributed by atoms with Gasteiger partial charge in [-0.15, -0.1) is 12.4 Å². The van der Waals surface area contributed by atoms with Crippen LogP contribution in [0.2, 0.25) is 10.0 Å². The maximum Gasteiger partial charge on any atom is 0.225 e. The van der Waals surface area contributed by atoms with Gasteiger partial charge < -0.3 is 16.0 Å². The molecule has 1 aliphatic rings.